The number of hydrogen-bond acceptors (Lipinski definition) is 8. The summed E-state index contributed by atoms with van der Waals surface area (Å²) in [5, 5.41) is 4.14. The molecule has 3 heterocycles. The maximum atomic E-state index is 12.9. The molecule has 30 heavy (non-hydrogen) atoms. The number of piperidine rings is 1. The maximum absolute atomic E-state index is 12.9. The molecule has 1 aliphatic rings. The molecule has 1 saturated heterocycles. The van der Waals surface area contributed by atoms with Gasteiger partial charge in [0.1, 0.15) is 17.7 Å². The second-order valence-electron chi connectivity index (χ2n) is 6.91. The highest BCUT2D eigenvalue weighted by Gasteiger charge is 2.25. The number of anilines is 1. The minimum atomic E-state index is -0.632. The summed E-state index contributed by atoms with van der Waals surface area (Å²) >= 11 is 0. The van der Waals surface area contributed by atoms with E-state index in [0.717, 1.165) is 36.9 Å². The zero-order valence-corrected chi connectivity index (χ0v) is 17.3. The van der Waals surface area contributed by atoms with Crippen LogP contribution in [0.4, 0.5) is 5.82 Å². The Balaban J connectivity index is 0.00000101. The van der Waals surface area contributed by atoms with Gasteiger partial charge in [0.25, 0.3) is 5.56 Å². The zero-order valence-electron chi connectivity index (χ0n) is 17.3. The Bertz CT molecular complexity index is 1000. The topological polar surface area (TPSA) is 164 Å². The summed E-state index contributed by atoms with van der Waals surface area (Å²) in [6.07, 6.45) is 4.98. The van der Waals surface area contributed by atoms with E-state index in [1.165, 1.54) is 15.6 Å². The average Bonchev–Trinajstić information content (AvgIpc) is 3.12. The smallest absolute Gasteiger partial charge is 0.333 e. The second kappa shape index (κ2) is 10.5. The number of nitrogens with two attached hydrogens (primary N) is 2. The number of primary amides is 1. The van der Waals surface area contributed by atoms with Gasteiger partial charge in [-0.2, -0.15) is 5.10 Å². The molecule has 4 N–H and O–H groups in total. The normalized spacial score (nSPS) is 14.1. The van der Waals surface area contributed by atoms with Crippen LogP contribution in [-0.4, -0.2) is 60.6 Å². The number of likely N-dealkylation sites (tertiary alicyclic amines) is 1. The van der Waals surface area contributed by atoms with E-state index in [9.17, 15) is 14.4 Å². The highest BCUT2D eigenvalue weighted by atomic mass is 16.2. The number of nitrogen functional groups attached to an aromatic ring is 1. The molecule has 0 unspecified atom stereocenters. The molecule has 164 valence electrons. The molecule has 0 aliphatic carbocycles. The van der Waals surface area contributed by atoms with Crippen LogP contribution in [0.3, 0.4) is 0 Å². The first-order chi connectivity index (χ1) is 14.3. The molecule has 12 nitrogen and oxygen atoms in total. The van der Waals surface area contributed by atoms with Crippen LogP contribution in [0.1, 0.15) is 42.4 Å². The van der Waals surface area contributed by atoms with Gasteiger partial charge in [0.05, 0.1) is 13.1 Å². The van der Waals surface area contributed by atoms with Crippen molar-refractivity contribution in [3.8, 4) is 0 Å². The minimum absolute atomic E-state index is 0.00419. The van der Waals surface area contributed by atoms with Crippen molar-refractivity contribution in [1.82, 2.24) is 28.8 Å². The summed E-state index contributed by atoms with van der Waals surface area (Å²) in [6.45, 7) is 3.61. The lowest BCUT2D eigenvalue weighted by molar-refractivity contribution is -0.106. The summed E-state index contributed by atoms with van der Waals surface area (Å²) in [7, 11) is 1.71. The number of hydrogen-bond donors (Lipinski definition) is 2. The molecule has 0 saturated carbocycles. The molecule has 0 aromatic carbocycles. The first-order valence-electron chi connectivity index (χ1n) is 9.72. The van der Waals surface area contributed by atoms with Crippen molar-refractivity contribution in [3.63, 3.8) is 0 Å². The molecule has 2 aromatic heterocycles. The van der Waals surface area contributed by atoms with Crippen molar-refractivity contribution in [2.24, 2.45) is 12.8 Å². The number of Topliss-reactive ketones (excluding diaryl/α,β-unsaturated/α-hetero) is 1. The fraction of sp³-hybridized carbons (Fsp3) is 0.556. The molecule has 3 rings (SSSR count). The van der Waals surface area contributed by atoms with Gasteiger partial charge in [-0.15, -0.1) is 0 Å². The average molecular weight is 420 g/mol. The Kier molecular flexibility index (Phi) is 8.04. The minimum Gasteiger partial charge on any atom is -0.384 e. The van der Waals surface area contributed by atoms with Crippen LogP contribution in [0, 0.1) is 0 Å². The van der Waals surface area contributed by atoms with Gasteiger partial charge >= 0.3 is 5.69 Å². The van der Waals surface area contributed by atoms with E-state index in [2.05, 4.69) is 15.8 Å². The number of carbonyl (C=O) groups excluding carboxylic acids is 2. The SMILES string of the molecule is CCn1c(=O)c(C(=O)CN2CCCCC2)c(N)n(Cc2ncn(C)n2)c1=O.NC=O. The van der Waals surface area contributed by atoms with Gasteiger partial charge in [-0.3, -0.25) is 33.1 Å². The number of nitrogens with zero attached hydrogens (tertiary/aromatic N) is 6. The molecule has 1 amide bonds. The van der Waals surface area contributed by atoms with Crippen molar-refractivity contribution in [3.05, 3.63) is 38.6 Å². The van der Waals surface area contributed by atoms with Crippen LogP contribution >= 0.6 is 0 Å². The Labute approximate surface area is 173 Å². The number of aromatic nitrogens is 5. The van der Waals surface area contributed by atoms with Gasteiger partial charge in [-0.1, -0.05) is 6.42 Å². The largest absolute Gasteiger partial charge is 0.384 e. The molecule has 0 radical (unpaired) electrons. The van der Waals surface area contributed by atoms with Crippen LogP contribution in [0.25, 0.3) is 0 Å². The Morgan fingerprint density at radius 3 is 2.37 bits per heavy atom. The third-order valence-corrected chi connectivity index (χ3v) is 4.83. The van der Waals surface area contributed by atoms with Gasteiger partial charge in [-0.25, -0.2) is 9.78 Å². The molecule has 0 spiro atoms. The predicted molar refractivity (Wildman–Crippen MR) is 110 cm³/mol. The van der Waals surface area contributed by atoms with Gasteiger partial charge in [0, 0.05) is 13.6 Å². The van der Waals surface area contributed by atoms with Crippen molar-refractivity contribution in [2.75, 3.05) is 25.4 Å². The lowest BCUT2D eigenvalue weighted by atomic mass is 10.1. The Morgan fingerprint density at radius 1 is 1.20 bits per heavy atom. The summed E-state index contributed by atoms with van der Waals surface area (Å²) in [5.74, 6) is -0.101. The number of ketones is 1. The van der Waals surface area contributed by atoms with Crippen molar-refractivity contribution in [1.29, 1.82) is 0 Å². The molecule has 1 aliphatic heterocycles. The molecule has 0 atom stereocenters. The molecule has 1 fully saturated rings. The number of aryl methyl sites for hydroxylation is 1. The molecular formula is C18H28N8O4. The third-order valence-electron chi connectivity index (χ3n) is 4.83. The Hall–Kier alpha value is -3.28. The maximum Gasteiger partial charge on any atom is 0.333 e. The molecular weight excluding hydrogens is 392 g/mol. The summed E-state index contributed by atoms with van der Waals surface area (Å²) < 4.78 is 3.74. The summed E-state index contributed by atoms with van der Waals surface area (Å²) in [6, 6.07) is 0. The fourth-order valence-electron chi connectivity index (χ4n) is 3.41. The quantitative estimate of drug-likeness (QED) is 0.424. The standard InChI is InChI=1S/C17H25N7O3.CH3NO/c1-3-23-16(26)14(12(25)9-22-7-5-4-6-8-22)15(18)24(17(23)27)10-13-19-11-21(2)20-13;2-1-3/h11H,3-10,18H2,1-2H3;1H,(H2,2,3). The Morgan fingerprint density at radius 2 is 1.83 bits per heavy atom. The van der Waals surface area contributed by atoms with Crippen LogP contribution in [0.15, 0.2) is 15.9 Å². The van der Waals surface area contributed by atoms with Crippen LogP contribution in [-0.2, 0) is 24.9 Å². The van der Waals surface area contributed by atoms with E-state index in [-0.39, 0.29) is 43.2 Å². The highest BCUT2D eigenvalue weighted by molar-refractivity contribution is 6.01. The van der Waals surface area contributed by atoms with Gasteiger partial charge < -0.3 is 11.5 Å². The van der Waals surface area contributed by atoms with E-state index in [1.54, 1.807) is 14.0 Å². The predicted octanol–water partition coefficient (Wildman–Crippen LogP) is -1.44. The van der Waals surface area contributed by atoms with E-state index in [4.69, 9.17) is 10.5 Å². The van der Waals surface area contributed by atoms with E-state index in [0.29, 0.717) is 5.82 Å². The summed E-state index contributed by atoms with van der Waals surface area (Å²) in [5.41, 5.74) is 8.96. The lowest BCUT2D eigenvalue weighted by Crippen LogP contribution is -2.45. The highest BCUT2D eigenvalue weighted by Crippen LogP contribution is 2.12. The molecule has 12 heteroatoms. The van der Waals surface area contributed by atoms with Crippen molar-refractivity contribution in [2.45, 2.75) is 39.3 Å². The zero-order chi connectivity index (χ0) is 22.3. The monoisotopic (exact) mass is 420 g/mol. The lowest BCUT2D eigenvalue weighted by Gasteiger charge is -2.25. The van der Waals surface area contributed by atoms with Crippen molar-refractivity contribution >= 4 is 18.0 Å². The van der Waals surface area contributed by atoms with Gasteiger partial charge in [0.15, 0.2) is 11.6 Å². The van der Waals surface area contributed by atoms with Crippen molar-refractivity contribution < 1.29 is 9.59 Å². The third kappa shape index (κ3) is 5.20. The summed E-state index contributed by atoms with van der Waals surface area (Å²) in [4.78, 5) is 53.0. The van der Waals surface area contributed by atoms with Gasteiger partial charge in [-0.05, 0) is 32.9 Å². The molecule has 2 aromatic rings. The van der Waals surface area contributed by atoms with E-state index >= 15 is 0 Å². The van der Waals surface area contributed by atoms with E-state index < -0.39 is 11.2 Å². The van der Waals surface area contributed by atoms with Gasteiger partial charge in [0.2, 0.25) is 6.41 Å². The van der Waals surface area contributed by atoms with Crippen LogP contribution < -0.4 is 22.7 Å². The first-order valence-corrected chi connectivity index (χ1v) is 9.72. The van der Waals surface area contributed by atoms with Crippen LogP contribution in [0.2, 0.25) is 0 Å². The number of rotatable bonds is 6. The first kappa shape index (κ1) is 23.0. The van der Waals surface area contributed by atoms with E-state index in [1.807, 2.05) is 4.90 Å². The second-order valence-corrected chi connectivity index (χ2v) is 6.91. The molecule has 0 bridgehead atoms. The van der Waals surface area contributed by atoms with Crippen LogP contribution in [0.5, 0.6) is 0 Å². The number of amides is 1. The fourth-order valence-corrected chi connectivity index (χ4v) is 3.41. The number of carbonyl (C=O) groups is 2.